The molecule has 0 saturated heterocycles. The molecule has 1 aromatic rings. The van der Waals surface area contributed by atoms with E-state index in [-0.39, 0.29) is 17.2 Å². The Balaban J connectivity index is 2.61. The molecule has 0 unspecified atom stereocenters. The average molecular weight is 307 g/mol. The van der Waals surface area contributed by atoms with E-state index in [0.29, 0.717) is 6.61 Å². The summed E-state index contributed by atoms with van der Waals surface area (Å²) in [5.74, 6) is 0. The van der Waals surface area contributed by atoms with Gasteiger partial charge in [0.15, 0.2) is 8.32 Å². The lowest BCUT2D eigenvalue weighted by Gasteiger charge is -2.39. The first kappa shape index (κ1) is 18.1. The molecule has 0 spiro atoms. The topological polar surface area (TPSA) is 18.5 Å². The number of hydrogen-bond donors (Lipinski definition) is 0. The monoisotopic (exact) mass is 306 g/mol. The zero-order chi connectivity index (χ0) is 16.1. The van der Waals surface area contributed by atoms with Crippen molar-refractivity contribution < 1.29 is 9.16 Å². The second-order valence-corrected chi connectivity index (χ2v) is 11.8. The minimum atomic E-state index is -1.78. The van der Waals surface area contributed by atoms with Gasteiger partial charge in [-0.05, 0) is 30.6 Å². The molecule has 0 heterocycles. The molecule has 0 aliphatic carbocycles. The largest absolute Gasteiger partial charge is 0.411 e. The van der Waals surface area contributed by atoms with E-state index >= 15 is 0 Å². The normalized spacial score (nSPS) is 15.5. The SMILES string of the molecule is C=C[C@H](OCc1ccccc1)[C@H](C)O[Si](C)(C)C(C)(C)C. The second-order valence-electron chi connectivity index (χ2n) is 7.08. The molecule has 0 radical (unpaired) electrons. The molecule has 1 aromatic carbocycles. The molecule has 1 rings (SSSR count). The van der Waals surface area contributed by atoms with Crippen LogP contribution in [0.25, 0.3) is 0 Å². The summed E-state index contributed by atoms with van der Waals surface area (Å²) in [6, 6.07) is 10.2. The first-order valence-electron chi connectivity index (χ1n) is 7.63. The third-order valence-corrected chi connectivity index (χ3v) is 8.84. The van der Waals surface area contributed by atoms with Crippen LogP contribution in [0.5, 0.6) is 0 Å². The first-order chi connectivity index (χ1) is 9.67. The predicted octanol–water partition coefficient (Wildman–Crippen LogP) is 5.17. The van der Waals surface area contributed by atoms with Crippen LogP contribution in [0.15, 0.2) is 43.0 Å². The van der Waals surface area contributed by atoms with E-state index in [0.717, 1.165) is 0 Å². The first-order valence-corrected chi connectivity index (χ1v) is 10.5. The van der Waals surface area contributed by atoms with Crippen molar-refractivity contribution in [2.45, 2.75) is 64.6 Å². The third kappa shape index (κ3) is 5.42. The van der Waals surface area contributed by atoms with E-state index in [1.54, 1.807) is 0 Å². The molecular formula is C18H30O2Si. The van der Waals surface area contributed by atoms with Gasteiger partial charge in [0.05, 0.1) is 12.7 Å². The van der Waals surface area contributed by atoms with Crippen molar-refractivity contribution in [3.8, 4) is 0 Å². The lowest BCUT2D eigenvalue weighted by atomic mass is 10.2. The molecule has 0 N–H and O–H groups in total. The van der Waals surface area contributed by atoms with E-state index in [2.05, 4.69) is 59.5 Å². The molecule has 0 aliphatic heterocycles. The van der Waals surface area contributed by atoms with Gasteiger partial charge in [-0.1, -0.05) is 57.2 Å². The summed E-state index contributed by atoms with van der Waals surface area (Å²) in [4.78, 5) is 0. The number of hydrogen-bond acceptors (Lipinski definition) is 2. The van der Waals surface area contributed by atoms with Gasteiger partial charge in [-0.15, -0.1) is 6.58 Å². The lowest BCUT2D eigenvalue weighted by molar-refractivity contribution is -0.00439. The zero-order valence-corrected chi connectivity index (χ0v) is 15.3. The Kier molecular flexibility index (Phi) is 6.38. The van der Waals surface area contributed by atoms with E-state index in [9.17, 15) is 0 Å². The Morgan fingerprint density at radius 1 is 1.19 bits per heavy atom. The van der Waals surface area contributed by atoms with Crippen LogP contribution >= 0.6 is 0 Å². The Morgan fingerprint density at radius 3 is 2.24 bits per heavy atom. The summed E-state index contributed by atoms with van der Waals surface area (Å²) in [5.41, 5.74) is 1.17. The summed E-state index contributed by atoms with van der Waals surface area (Å²) in [7, 11) is -1.78. The fraction of sp³-hybridized carbons (Fsp3) is 0.556. The quantitative estimate of drug-likeness (QED) is 0.511. The Labute approximate surface area is 131 Å². The smallest absolute Gasteiger partial charge is 0.192 e. The van der Waals surface area contributed by atoms with Crippen LogP contribution in [-0.4, -0.2) is 20.5 Å². The zero-order valence-electron chi connectivity index (χ0n) is 14.3. The molecule has 2 atom stereocenters. The average Bonchev–Trinajstić information content (AvgIpc) is 2.38. The van der Waals surface area contributed by atoms with Crippen LogP contribution in [0.4, 0.5) is 0 Å². The fourth-order valence-electron chi connectivity index (χ4n) is 1.87. The van der Waals surface area contributed by atoms with Gasteiger partial charge in [0.25, 0.3) is 0 Å². The Morgan fingerprint density at radius 2 is 1.76 bits per heavy atom. The summed E-state index contributed by atoms with van der Waals surface area (Å²) in [6.07, 6.45) is 1.78. The van der Waals surface area contributed by atoms with Crippen molar-refractivity contribution in [3.63, 3.8) is 0 Å². The van der Waals surface area contributed by atoms with Gasteiger partial charge in [0, 0.05) is 0 Å². The van der Waals surface area contributed by atoms with Crippen molar-refractivity contribution in [2.75, 3.05) is 0 Å². The molecule has 0 aromatic heterocycles. The van der Waals surface area contributed by atoms with E-state index < -0.39 is 8.32 Å². The molecule has 21 heavy (non-hydrogen) atoms. The number of rotatable bonds is 7. The molecule has 0 aliphatic rings. The van der Waals surface area contributed by atoms with Crippen LogP contribution in [0.3, 0.4) is 0 Å². The van der Waals surface area contributed by atoms with Crippen molar-refractivity contribution in [1.29, 1.82) is 0 Å². The van der Waals surface area contributed by atoms with Crippen molar-refractivity contribution in [3.05, 3.63) is 48.6 Å². The highest BCUT2D eigenvalue weighted by molar-refractivity contribution is 6.74. The van der Waals surface area contributed by atoms with E-state index in [1.165, 1.54) is 5.56 Å². The minimum Gasteiger partial charge on any atom is -0.411 e. The molecule has 0 saturated carbocycles. The summed E-state index contributed by atoms with van der Waals surface area (Å²) in [6.45, 7) is 17.8. The maximum absolute atomic E-state index is 6.39. The van der Waals surface area contributed by atoms with Crippen LogP contribution in [0.2, 0.25) is 18.1 Å². The van der Waals surface area contributed by atoms with Gasteiger partial charge in [0.1, 0.15) is 6.10 Å². The fourth-order valence-corrected chi connectivity index (χ4v) is 3.29. The Bertz CT molecular complexity index is 434. The van der Waals surface area contributed by atoms with Crippen molar-refractivity contribution in [1.82, 2.24) is 0 Å². The Hall–Kier alpha value is -0.903. The highest BCUT2D eigenvalue weighted by Gasteiger charge is 2.39. The van der Waals surface area contributed by atoms with Crippen molar-refractivity contribution in [2.24, 2.45) is 0 Å². The second kappa shape index (κ2) is 7.39. The maximum atomic E-state index is 6.39. The van der Waals surface area contributed by atoms with Crippen LogP contribution < -0.4 is 0 Å². The van der Waals surface area contributed by atoms with Gasteiger partial charge >= 0.3 is 0 Å². The summed E-state index contributed by atoms with van der Waals surface area (Å²) < 4.78 is 12.4. The van der Waals surface area contributed by atoms with E-state index in [4.69, 9.17) is 9.16 Å². The molecule has 0 amide bonds. The summed E-state index contributed by atoms with van der Waals surface area (Å²) in [5, 5.41) is 0.201. The summed E-state index contributed by atoms with van der Waals surface area (Å²) >= 11 is 0. The van der Waals surface area contributed by atoms with Gasteiger partial charge < -0.3 is 9.16 Å². The van der Waals surface area contributed by atoms with Crippen LogP contribution in [0, 0.1) is 0 Å². The molecule has 0 fully saturated rings. The molecule has 2 nitrogen and oxygen atoms in total. The predicted molar refractivity (Wildman–Crippen MR) is 93.0 cm³/mol. The van der Waals surface area contributed by atoms with Crippen molar-refractivity contribution >= 4 is 8.32 Å². The minimum absolute atomic E-state index is 0.0205. The van der Waals surface area contributed by atoms with Gasteiger partial charge in [-0.25, -0.2) is 0 Å². The van der Waals surface area contributed by atoms with Gasteiger partial charge in [-0.3, -0.25) is 0 Å². The van der Waals surface area contributed by atoms with Crippen LogP contribution in [-0.2, 0) is 15.8 Å². The highest BCUT2D eigenvalue weighted by Crippen LogP contribution is 2.37. The van der Waals surface area contributed by atoms with Crippen LogP contribution in [0.1, 0.15) is 33.3 Å². The third-order valence-electron chi connectivity index (χ3n) is 4.27. The lowest BCUT2D eigenvalue weighted by Crippen LogP contribution is -2.46. The standard InChI is InChI=1S/C18H30O2Si/c1-8-17(19-14-16-12-10-9-11-13-16)15(2)20-21(6,7)18(3,4)5/h8-13,15,17H,1,14H2,2-7H3/t15-,17-/m0/s1. The van der Waals surface area contributed by atoms with Gasteiger partial charge in [0.2, 0.25) is 0 Å². The number of benzene rings is 1. The number of ether oxygens (including phenoxy) is 1. The molecule has 118 valence electrons. The van der Waals surface area contributed by atoms with E-state index in [1.807, 2.05) is 24.3 Å². The molecular weight excluding hydrogens is 276 g/mol. The maximum Gasteiger partial charge on any atom is 0.192 e. The highest BCUT2D eigenvalue weighted by atomic mass is 28.4. The molecule has 0 bridgehead atoms. The molecule has 3 heteroatoms. The van der Waals surface area contributed by atoms with Gasteiger partial charge in [-0.2, -0.15) is 0 Å².